The SMILES string of the molecule is Cc1nc(NC(=O)c2cnn3cc(Br)cnc23)sc1Cc1ccccc1F. The van der Waals surface area contributed by atoms with Crippen molar-refractivity contribution in [2.45, 2.75) is 13.3 Å². The zero-order chi connectivity index (χ0) is 19.0. The van der Waals surface area contributed by atoms with Crippen LogP contribution in [-0.2, 0) is 6.42 Å². The molecule has 0 unspecified atom stereocenters. The lowest BCUT2D eigenvalue weighted by atomic mass is 10.1. The molecule has 1 amide bonds. The van der Waals surface area contributed by atoms with E-state index in [1.165, 1.54) is 28.1 Å². The minimum absolute atomic E-state index is 0.250. The number of rotatable bonds is 4. The van der Waals surface area contributed by atoms with Crippen molar-refractivity contribution in [3.63, 3.8) is 0 Å². The molecule has 3 heterocycles. The normalized spacial score (nSPS) is 11.1. The van der Waals surface area contributed by atoms with Gasteiger partial charge in [0.15, 0.2) is 10.8 Å². The van der Waals surface area contributed by atoms with Crippen LogP contribution in [0.15, 0.2) is 47.3 Å². The Morgan fingerprint density at radius 2 is 2.15 bits per heavy atom. The van der Waals surface area contributed by atoms with Gasteiger partial charge in [0, 0.05) is 23.7 Å². The molecular formula is C18H13BrFN5OS. The summed E-state index contributed by atoms with van der Waals surface area (Å²) < 4.78 is 16.2. The molecule has 0 saturated carbocycles. The predicted octanol–water partition coefficient (Wildman–Crippen LogP) is 4.24. The van der Waals surface area contributed by atoms with Crippen LogP contribution in [0.2, 0.25) is 0 Å². The van der Waals surface area contributed by atoms with Crippen LogP contribution in [-0.4, -0.2) is 25.5 Å². The number of aryl methyl sites for hydroxylation is 1. The van der Waals surface area contributed by atoms with E-state index in [2.05, 4.69) is 36.3 Å². The number of benzene rings is 1. The number of nitrogens with zero attached hydrogens (tertiary/aromatic N) is 4. The van der Waals surface area contributed by atoms with Gasteiger partial charge < -0.3 is 0 Å². The lowest BCUT2D eigenvalue weighted by Gasteiger charge is -2.01. The fraction of sp³-hybridized carbons (Fsp3) is 0.111. The van der Waals surface area contributed by atoms with Crippen molar-refractivity contribution < 1.29 is 9.18 Å². The van der Waals surface area contributed by atoms with Crippen molar-refractivity contribution >= 4 is 44.0 Å². The van der Waals surface area contributed by atoms with E-state index in [0.29, 0.717) is 28.3 Å². The van der Waals surface area contributed by atoms with Gasteiger partial charge in [0.25, 0.3) is 5.91 Å². The molecule has 0 atom stereocenters. The summed E-state index contributed by atoms with van der Waals surface area (Å²) in [6.07, 6.45) is 5.22. The Bertz CT molecular complexity index is 1160. The highest BCUT2D eigenvalue weighted by Crippen LogP contribution is 2.26. The van der Waals surface area contributed by atoms with Crippen LogP contribution in [0, 0.1) is 12.7 Å². The van der Waals surface area contributed by atoms with Gasteiger partial charge in [-0.05, 0) is 34.5 Å². The lowest BCUT2D eigenvalue weighted by molar-refractivity contribution is 0.102. The Balaban J connectivity index is 1.56. The first-order valence-electron chi connectivity index (χ1n) is 8.01. The van der Waals surface area contributed by atoms with E-state index in [9.17, 15) is 9.18 Å². The summed E-state index contributed by atoms with van der Waals surface area (Å²) in [4.78, 5) is 22.1. The van der Waals surface area contributed by atoms with E-state index >= 15 is 0 Å². The number of amides is 1. The van der Waals surface area contributed by atoms with E-state index in [1.807, 2.05) is 6.92 Å². The minimum Gasteiger partial charge on any atom is -0.298 e. The van der Waals surface area contributed by atoms with E-state index in [4.69, 9.17) is 0 Å². The molecule has 136 valence electrons. The van der Waals surface area contributed by atoms with E-state index in [1.54, 1.807) is 30.6 Å². The minimum atomic E-state index is -0.342. The number of carbonyl (C=O) groups is 1. The van der Waals surface area contributed by atoms with Gasteiger partial charge in [-0.3, -0.25) is 10.1 Å². The molecule has 0 bridgehead atoms. The van der Waals surface area contributed by atoms with Crippen LogP contribution in [0.1, 0.15) is 26.5 Å². The topological polar surface area (TPSA) is 72.2 Å². The van der Waals surface area contributed by atoms with Crippen molar-refractivity contribution in [1.29, 1.82) is 0 Å². The molecule has 0 aliphatic rings. The summed E-state index contributed by atoms with van der Waals surface area (Å²) in [5, 5.41) is 7.38. The molecule has 6 nitrogen and oxygen atoms in total. The monoisotopic (exact) mass is 445 g/mol. The molecule has 4 rings (SSSR count). The number of carbonyl (C=O) groups excluding carboxylic acids is 1. The molecule has 3 aromatic heterocycles. The molecule has 0 aliphatic carbocycles. The van der Waals surface area contributed by atoms with Crippen LogP contribution in [0.25, 0.3) is 5.65 Å². The van der Waals surface area contributed by atoms with Crippen LogP contribution < -0.4 is 5.32 Å². The summed E-state index contributed by atoms with van der Waals surface area (Å²) in [6, 6.07) is 6.64. The average Bonchev–Trinajstić information content (AvgIpc) is 3.20. The average molecular weight is 446 g/mol. The van der Waals surface area contributed by atoms with Crippen LogP contribution in [0.5, 0.6) is 0 Å². The van der Waals surface area contributed by atoms with Gasteiger partial charge >= 0.3 is 0 Å². The molecule has 9 heteroatoms. The summed E-state index contributed by atoms with van der Waals surface area (Å²) in [7, 11) is 0. The van der Waals surface area contributed by atoms with Crippen molar-refractivity contribution in [3.8, 4) is 0 Å². The smallest absolute Gasteiger partial charge is 0.262 e. The summed E-state index contributed by atoms with van der Waals surface area (Å²) in [6.45, 7) is 1.84. The van der Waals surface area contributed by atoms with E-state index in [0.717, 1.165) is 15.0 Å². The zero-order valence-corrected chi connectivity index (χ0v) is 16.5. The number of nitrogens with one attached hydrogen (secondary N) is 1. The molecule has 0 radical (unpaired) electrons. The Hall–Kier alpha value is -2.65. The summed E-state index contributed by atoms with van der Waals surface area (Å²) in [5.41, 5.74) is 2.17. The highest BCUT2D eigenvalue weighted by Gasteiger charge is 2.17. The molecule has 1 aromatic carbocycles. The Morgan fingerprint density at radius 1 is 1.33 bits per heavy atom. The second-order valence-electron chi connectivity index (χ2n) is 5.85. The highest BCUT2D eigenvalue weighted by molar-refractivity contribution is 9.10. The number of thiazole rings is 1. The van der Waals surface area contributed by atoms with Crippen molar-refractivity contribution in [3.05, 3.63) is 74.8 Å². The Labute approximate surface area is 166 Å². The molecule has 1 N–H and O–H groups in total. The molecule has 0 fully saturated rings. The van der Waals surface area contributed by atoms with Gasteiger partial charge in [-0.1, -0.05) is 18.2 Å². The third-order valence-corrected chi connectivity index (χ3v) is 5.47. The Morgan fingerprint density at radius 3 is 2.96 bits per heavy atom. The van der Waals surface area contributed by atoms with Gasteiger partial charge in [-0.2, -0.15) is 5.10 Å². The summed E-state index contributed by atoms with van der Waals surface area (Å²) >= 11 is 4.65. The quantitative estimate of drug-likeness (QED) is 0.509. The largest absolute Gasteiger partial charge is 0.298 e. The number of anilines is 1. The first-order valence-corrected chi connectivity index (χ1v) is 9.62. The fourth-order valence-corrected chi connectivity index (χ4v) is 3.91. The van der Waals surface area contributed by atoms with Crippen LogP contribution in [0.3, 0.4) is 0 Å². The number of aromatic nitrogens is 4. The van der Waals surface area contributed by atoms with E-state index in [-0.39, 0.29) is 11.7 Å². The third kappa shape index (κ3) is 3.60. The molecule has 0 aliphatic heterocycles. The van der Waals surface area contributed by atoms with Gasteiger partial charge in [0.05, 0.1) is 16.4 Å². The first-order chi connectivity index (χ1) is 13.0. The molecule has 0 spiro atoms. The fourth-order valence-electron chi connectivity index (χ4n) is 2.64. The van der Waals surface area contributed by atoms with Crippen molar-refractivity contribution in [2.24, 2.45) is 0 Å². The lowest BCUT2D eigenvalue weighted by Crippen LogP contribution is -2.11. The third-order valence-electron chi connectivity index (χ3n) is 3.99. The molecule has 27 heavy (non-hydrogen) atoms. The standard InChI is InChI=1S/C18H13BrFN5OS/c1-10-15(6-11-4-2-3-5-14(11)20)27-18(23-10)24-17(26)13-8-22-25-9-12(19)7-21-16(13)25/h2-5,7-9H,6H2,1H3,(H,23,24,26). The van der Waals surface area contributed by atoms with Gasteiger partial charge in [0.2, 0.25) is 0 Å². The van der Waals surface area contributed by atoms with Gasteiger partial charge in [-0.25, -0.2) is 18.9 Å². The van der Waals surface area contributed by atoms with Crippen molar-refractivity contribution in [2.75, 3.05) is 5.32 Å². The number of hydrogen-bond donors (Lipinski definition) is 1. The van der Waals surface area contributed by atoms with E-state index < -0.39 is 0 Å². The van der Waals surface area contributed by atoms with Crippen LogP contribution in [0.4, 0.5) is 9.52 Å². The number of hydrogen-bond acceptors (Lipinski definition) is 5. The Kier molecular flexibility index (Phi) is 4.71. The number of halogens is 2. The highest BCUT2D eigenvalue weighted by atomic mass is 79.9. The number of fused-ring (bicyclic) bond motifs is 1. The maximum atomic E-state index is 13.9. The van der Waals surface area contributed by atoms with Gasteiger partial charge in [0.1, 0.15) is 11.4 Å². The molecular weight excluding hydrogens is 433 g/mol. The zero-order valence-electron chi connectivity index (χ0n) is 14.1. The van der Waals surface area contributed by atoms with Gasteiger partial charge in [-0.15, -0.1) is 11.3 Å². The summed E-state index contributed by atoms with van der Waals surface area (Å²) in [5.74, 6) is -0.592. The van der Waals surface area contributed by atoms with Crippen LogP contribution >= 0.6 is 27.3 Å². The maximum Gasteiger partial charge on any atom is 0.262 e. The molecule has 4 aromatic rings. The molecule has 0 saturated heterocycles. The second-order valence-corrected chi connectivity index (χ2v) is 7.85. The predicted molar refractivity (Wildman–Crippen MR) is 105 cm³/mol. The second kappa shape index (κ2) is 7.16. The first kappa shape index (κ1) is 17.7. The maximum absolute atomic E-state index is 13.9. The van der Waals surface area contributed by atoms with Crippen molar-refractivity contribution in [1.82, 2.24) is 19.6 Å².